The van der Waals surface area contributed by atoms with Crippen LogP contribution >= 0.6 is 15.9 Å². The Hall–Kier alpha value is -3.36. The molecule has 0 spiro atoms. The van der Waals surface area contributed by atoms with Crippen molar-refractivity contribution in [2.45, 2.75) is 13.2 Å². The van der Waals surface area contributed by atoms with Gasteiger partial charge in [0.05, 0.1) is 0 Å². The Bertz CT molecular complexity index is 1020. The van der Waals surface area contributed by atoms with Crippen molar-refractivity contribution in [2.75, 3.05) is 0 Å². The van der Waals surface area contributed by atoms with Gasteiger partial charge in [0, 0.05) is 11.0 Å². The molecular weight excluding hydrogens is 428 g/mol. The maximum Gasteiger partial charge on any atom is 0.262 e. The first-order valence-corrected chi connectivity index (χ1v) is 9.84. The summed E-state index contributed by atoms with van der Waals surface area (Å²) in [6.07, 6.45) is 1.57. The Kier molecular flexibility index (Phi) is 7.21. The summed E-state index contributed by atoms with van der Waals surface area (Å²) in [6.45, 7) is 0.843. The van der Waals surface area contributed by atoms with E-state index in [1.807, 2.05) is 84.9 Å². The van der Waals surface area contributed by atoms with E-state index in [1.165, 1.54) is 0 Å². The Morgan fingerprint density at radius 1 is 0.966 bits per heavy atom. The highest BCUT2D eigenvalue weighted by atomic mass is 79.9. The molecule has 0 aliphatic rings. The molecule has 0 saturated heterocycles. The predicted molar refractivity (Wildman–Crippen MR) is 117 cm³/mol. The van der Waals surface area contributed by atoms with Crippen molar-refractivity contribution in [3.63, 3.8) is 0 Å². The molecule has 3 aromatic rings. The fourth-order valence-electron chi connectivity index (χ4n) is 2.60. The second-order valence-corrected chi connectivity index (χ2v) is 7.24. The van der Waals surface area contributed by atoms with E-state index >= 15 is 0 Å². The molecular formula is C24H19BrN2O2. The number of rotatable bonds is 7. The minimum Gasteiger partial charge on any atom is -0.489 e. The van der Waals surface area contributed by atoms with E-state index in [4.69, 9.17) is 4.74 Å². The van der Waals surface area contributed by atoms with Crippen LogP contribution in [0, 0.1) is 11.3 Å². The maximum atomic E-state index is 12.3. The maximum absolute atomic E-state index is 12.3. The number of nitriles is 1. The lowest BCUT2D eigenvalue weighted by Gasteiger charge is -2.07. The molecule has 0 fully saturated rings. The summed E-state index contributed by atoms with van der Waals surface area (Å²) in [5, 5.41) is 12.1. The summed E-state index contributed by atoms with van der Waals surface area (Å²) in [7, 11) is 0. The number of nitrogens with one attached hydrogen (secondary N) is 1. The standard InChI is InChI=1S/C24H19BrN2O2/c25-22-10-6-20(7-11-22)17-29-23-12-8-18(9-13-23)14-21(15-26)24(28)27-16-19-4-2-1-3-5-19/h1-14H,16-17H2,(H,27,28)/b21-14-. The molecule has 0 radical (unpaired) electrons. The zero-order valence-electron chi connectivity index (χ0n) is 15.6. The van der Waals surface area contributed by atoms with E-state index in [0.29, 0.717) is 13.2 Å². The number of carbonyl (C=O) groups is 1. The Balaban J connectivity index is 1.58. The van der Waals surface area contributed by atoms with Crippen LogP contribution in [-0.4, -0.2) is 5.91 Å². The number of benzene rings is 3. The third-order valence-corrected chi connectivity index (χ3v) is 4.70. The highest BCUT2D eigenvalue weighted by Gasteiger charge is 2.08. The average molecular weight is 447 g/mol. The molecule has 0 unspecified atom stereocenters. The van der Waals surface area contributed by atoms with Gasteiger partial charge in [0.15, 0.2) is 0 Å². The number of hydrogen-bond acceptors (Lipinski definition) is 3. The first kappa shape index (κ1) is 20.4. The first-order chi connectivity index (χ1) is 14.1. The van der Waals surface area contributed by atoms with Gasteiger partial charge in [-0.3, -0.25) is 4.79 Å². The number of nitrogens with zero attached hydrogens (tertiary/aromatic N) is 1. The number of ether oxygens (including phenoxy) is 1. The van der Waals surface area contributed by atoms with Crippen LogP contribution < -0.4 is 10.1 Å². The van der Waals surface area contributed by atoms with Crippen LogP contribution in [-0.2, 0) is 17.9 Å². The SMILES string of the molecule is N#C/C(=C/c1ccc(OCc2ccc(Br)cc2)cc1)C(=O)NCc1ccccc1. The van der Waals surface area contributed by atoms with Gasteiger partial charge in [-0.1, -0.05) is 70.5 Å². The quantitative estimate of drug-likeness (QED) is 0.398. The summed E-state index contributed by atoms with van der Waals surface area (Å²) in [5.74, 6) is 0.323. The van der Waals surface area contributed by atoms with Crippen LogP contribution in [0.5, 0.6) is 5.75 Å². The third-order valence-electron chi connectivity index (χ3n) is 4.17. The molecule has 0 saturated carbocycles. The molecule has 29 heavy (non-hydrogen) atoms. The van der Waals surface area contributed by atoms with Crippen molar-refractivity contribution in [1.82, 2.24) is 5.32 Å². The van der Waals surface area contributed by atoms with E-state index < -0.39 is 5.91 Å². The molecule has 3 rings (SSSR count). The van der Waals surface area contributed by atoms with Crippen molar-refractivity contribution < 1.29 is 9.53 Å². The molecule has 5 heteroatoms. The highest BCUT2D eigenvalue weighted by molar-refractivity contribution is 9.10. The van der Waals surface area contributed by atoms with Crippen LogP contribution in [0.2, 0.25) is 0 Å². The highest BCUT2D eigenvalue weighted by Crippen LogP contribution is 2.17. The van der Waals surface area contributed by atoms with Crippen molar-refractivity contribution in [2.24, 2.45) is 0 Å². The van der Waals surface area contributed by atoms with Gasteiger partial charge >= 0.3 is 0 Å². The first-order valence-electron chi connectivity index (χ1n) is 9.05. The van der Waals surface area contributed by atoms with Crippen molar-refractivity contribution >= 4 is 27.9 Å². The van der Waals surface area contributed by atoms with Gasteiger partial charge < -0.3 is 10.1 Å². The molecule has 3 aromatic carbocycles. The number of amides is 1. The smallest absolute Gasteiger partial charge is 0.262 e. The largest absolute Gasteiger partial charge is 0.489 e. The number of carbonyl (C=O) groups excluding carboxylic acids is 1. The number of halogens is 1. The lowest BCUT2D eigenvalue weighted by atomic mass is 10.1. The van der Waals surface area contributed by atoms with Gasteiger partial charge in [0.2, 0.25) is 0 Å². The van der Waals surface area contributed by atoms with Gasteiger partial charge in [-0.25, -0.2) is 0 Å². The van der Waals surface area contributed by atoms with Crippen LogP contribution in [0.1, 0.15) is 16.7 Å². The third kappa shape index (κ3) is 6.34. The van der Waals surface area contributed by atoms with Crippen LogP contribution in [0.4, 0.5) is 0 Å². The number of hydrogen-bond donors (Lipinski definition) is 1. The van der Waals surface area contributed by atoms with Crippen molar-refractivity contribution in [1.29, 1.82) is 5.26 Å². The molecule has 0 aliphatic carbocycles. The normalized spacial score (nSPS) is 10.8. The van der Waals surface area contributed by atoms with Crippen LogP contribution in [0.15, 0.2) is 88.9 Å². The second-order valence-electron chi connectivity index (χ2n) is 6.32. The predicted octanol–water partition coefficient (Wildman–Crippen LogP) is 5.25. The topological polar surface area (TPSA) is 62.1 Å². The van der Waals surface area contributed by atoms with Crippen molar-refractivity contribution in [3.8, 4) is 11.8 Å². The van der Waals surface area contributed by atoms with Crippen LogP contribution in [0.3, 0.4) is 0 Å². The molecule has 144 valence electrons. The summed E-state index contributed by atoms with van der Waals surface area (Å²) < 4.78 is 6.80. The van der Waals surface area contributed by atoms with Gasteiger partial charge in [-0.05, 0) is 47.0 Å². The monoisotopic (exact) mass is 446 g/mol. The lowest BCUT2D eigenvalue weighted by Crippen LogP contribution is -2.23. The van der Waals surface area contributed by atoms with Gasteiger partial charge in [-0.2, -0.15) is 5.26 Å². The van der Waals surface area contributed by atoms with Crippen LogP contribution in [0.25, 0.3) is 6.08 Å². The minimum atomic E-state index is -0.396. The fourth-order valence-corrected chi connectivity index (χ4v) is 2.86. The van der Waals surface area contributed by atoms with Gasteiger partial charge in [0.25, 0.3) is 5.91 Å². The molecule has 1 amide bonds. The zero-order valence-corrected chi connectivity index (χ0v) is 17.2. The van der Waals surface area contributed by atoms with E-state index in [9.17, 15) is 10.1 Å². The molecule has 0 atom stereocenters. The van der Waals surface area contributed by atoms with E-state index in [-0.39, 0.29) is 5.57 Å². The second kappa shape index (κ2) is 10.3. The Morgan fingerprint density at radius 2 is 1.66 bits per heavy atom. The molecule has 0 aromatic heterocycles. The van der Waals surface area contributed by atoms with E-state index in [0.717, 1.165) is 26.9 Å². The van der Waals surface area contributed by atoms with Gasteiger partial charge in [-0.15, -0.1) is 0 Å². The molecule has 0 heterocycles. The zero-order chi connectivity index (χ0) is 20.5. The summed E-state index contributed by atoms with van der Waals surface area (Å²) in [6, 6.07) is 26.7. The van der Waals surface area contributed by atoms with Gasteiger partial charge in [0.1, 0.15) is 24.0 Å². The molecule has 1 N–H and O–H groups in total. The van der Waals surface area contributed by atoms with Crippen molar-refractivity contribution in [3.05, 3.63) is 106 Å². The van der Waals surface area contributed by atoms with E-state index in [2.05, 4.69) is 21.2 Å². The fraction of sp³-hybridized carbons (Fsp3) is 0.0833. The summed E-state index contributed by atoms with van der Waals surface area (Å²) in [4.78, 5) is 12.3. The average Bonchev–Trinajstić information content (AvgIpc) is 2.77. The Morgan fingerprint density at radius 3 is 2.31 bits per heavy atom. The summed E-state index contributed by atoms with van der Waals surface area (Å²) >= 11 is 3.41. The molecule has 4 nitrogen and oxygen atoms in total. The Labute approximate surface area is 178 Å². The lowest BCUT2D eigenvalue weighted by molar-refractivity contribution is -0.117. The molecule has 0 bridgehead atoms. The molecule has 0 aliphatic heterocycles. The van der Waals surface area contributed by atoms with E-state index in [1.54, 1.807) is 6.08 Å². The minimum absolute atomic E-state index is 0.0597. The summed E-state index contributed by atoms with van der Waals surface area (Å²) in [5.41, 5.74) is 2.86.